The molecule has 4 saturated carbocycles. The Morgan fingerprint density at radius 2 is 1.94 bits per heavy atom. The van der Waals surface area contributed by atoms with Crippen molar-refractivity contribution in [2.45, 2.75) is 47.0 Å². The summed E-state index contributed by atoms with van der Waals surface area (Å²) in [5.41, 5.74) is 1.51. The number of rotatable bonds is 0. The molecular weight excluding hydrogens is 196 g/mol. The van der Waals surface area contributed by atoms with Crippen LogP contribution in [0, 0.1) is 39.9 Å². The highest BCUT2D eigenvalue weighted by atomic mass is 16.1. The molecule has 16 heavy (non-hydrogen) atoms. The van der Waals surface area contributed by atoms with Gasteiger partial charge in [0.25, 0.3) is 0 Å². The first kappa shape index (κ1) is 9.67. The fourth-order valence-corrected chi connectivity index (χ4v) is 6.60. The van der Waals surface area contributed by atoms with Gasteiger partial charge >= 0.3 is 0 Å². The third kappa shape index (κ3) is 0.638. The highest BCUT2D eigenvalue weighted by molar-refractivity contribution is 5.87. The molecule has 4 fully saturated rings. The first-order valence-corrected chi connectivity index (χ1v) is 6.91. The molecule has 1 unspecified atom stereocenters. The van der Waals surface area contributed by atoms with Crippen LogP contribution in [0.1, 0.15) is 47.0 Å². The van der Waals surface area contributed by atoms with Crippen LogP contribution in [0.15, 0.2) is 0 Å². The predicted octanol–water partition coefficient (Wildman–Crippen LogP) is 3.28. The van der Waals surface area contributed by atoms with Gasteiger partial charge < -0.3 is 0 Å². The summed E-state index contributed by atoms with van der Waals surface area (Å²) >= 11 is 0. The first-order valence-electron chi connectivity index (χ1n) is 6.91. The fraction of sp³-hybridized carbons (Fsp3) is 0.933. The largest absolute Gasteiger partial charge is 0.299 e. The minimum atomic E-state index is 0.358. The molecule has 88 valence electrons. The fourth-order valence-electron chi connectivity index (χ4n) is 6.60. The number of fused-ring (bicyclic) bond motifs is 2. The second-order valence-electron chi connectivity index (χ2n) is 7.74. The van der Waals surface area contributed by atoms with Crippen molar-refractivity contribution < 1.29 is 4.79 Å². The van der Waals surface area contributed by atoms with Crippen molar-refractivity contribution in [1.82, 2.24) is 0 Å². The Hall–Kier alpha value is -0.330. The SMILES string of the molecule is C[C@@H]1C(=O)C[C@@H]2C13[C@@H]1[C@H](CC[C@@]23C)C1(C)C. The van der Waals surface area contributed by atoms with Crippen LogP contribution >= 0.6 is 0 Å². The van der Waals surface area contributed by atoms with Crippen LogP contribution in [0.5, 0.6) is 0 Å². The molecule has 0 aromatic heterocycles. The van der Waals surface area contributed by atoms with Gasteiger partial charge in [-0.05, 0) is 46.8 Å². The minimum Gasteiger partial charge on any atom is -0.299 e. The summed E-state index contributed by atoms with van der Waals surface area (Å²) in [7, 11) is 0. The van der Waals surface area contributed by atoms with Crippen LogP contribution in [0.2, 0.25) is 0 Å². The smallest absolute Gasteiger partial charge is 0.136 e. The van der Waals surface area contributed by atoms with Gasteiger partial charge in [-0.25, -0.2) is 0 Å². The first-order chi connectivity index (χ1) is 7.38. The van der Waals surface area contributed by atoms with Gasteiger partial charge in [0.2, 0.25) is 0 Å². The monoisotopic (exact) mass is 218 g/mol. The number of hydrogen-bond donors (Lipinski definition) is 0. The van der Waals surface area contributed by atoms with Crippen molar-refractivity contribution in [3.63, 3.8) is 0 Å². The summed E-state index contributed by atoms with van der Waals surface area (Å²) in [6.45, 7) is 9.58. The van der Waals surface area contributed by atoms with Crippen LogP contribution in [-0.2, 0) is 4.79 Å². The van der Waals surface area contributed by atoms with Crippen molar-refractivity contribution in [3.05, 3.63) is 0 Å². The molecule has 4 rings (SSSR count). The van der Waals surface area contributed by atoms with Gasteiger partial charge in [0.1, 0.15) is 5.78 Å². The second kappa shape index (κ2) is 2.15. The zero-order valence-corrected chi connectivity index (χ0v) is 10.8. The van der Waals surface area contributed by atoms with Crippen molar-refractivity contribution >= 4 is 5.78 Å². The molecule has 1 spiro atoms. The Bertz CT molecular complexity index is 410. The van der Waals surface area contributed by atoms with Crippen molar-refractivity contribution in [1.29, 1.82) is 0 Å². The number of Topliss-reactive ketones (excluding diaryl/α,β-unsaturated/α-hetero) is 1. The highest BCUT2D eigenvalue weighted by Crippen LogP contribution is 2.93. The molecule has 0 heterocycles. The standard InChI is InChI=1S/C15H22O/c1-8-10(16)7-11-14(4)6-5-9-12(13(9,2)3)15(8,11)14/h8-9,11-12H,5-7H2,1-4H3/t8-,9+,11+,12-,14+,15?/m1/s1. The lowest BCUT2D eigenvalue weighted by molar-refractivity contribution is -0.123. The predicted molar refractivity (Wildman–Crippen MR) is 62.8 cm³/mol. The zero-order chi connectivity index (χ0) is 11.5. The molecule has 0 bridgehead atoms. The summed E-state index contributed by atoms with van der Waals surface area (Å²) in [6.07, 6.45) is 3.71. The zero-order valence-electron chi connectivity index (χ0n) is 10.8. The molecule has 6 atom stereocenters. The topological polar surface area (TPSA) is 17.1 Å². The molecule has 0 aromatic rings. The van der Waals surface area contributed by atoms with Crippen LogP contribution in [0.25, 0.3) is 0 Å². The normalized spacial score (nSPS) is 64.6. The summed E-state index contributed by atoms with van der Waals surface area (Å²) in [6, 6.07) is 0. The Balaban J connectivity index is 1.84. The van der Waals surface area contributed by atoms with E-state index in [1.54, 1.807) is 0 Å². The van der Waals surface area contributed by atoms with Crippen LogP contribution in [-0.4, -0.2) is 5.78 Å². The number of carbonyl (C=O) groups excluding carboxylic acids is 1. The molecule has 0 aromatic carbocycles. The molecule has 0 radical (unpaired) electrons. The third-order valence-corrected chi connectivity index (χ3v) is 7.40. The number of hydrogen-bond acceptors (Lipinski definition) is 1. The van der Waals surface area contributed by atoms with E-state index in [-0.39, 0.29) is 0 Å². The maximum Gasteiger partial charge on any atom is 0.136 e. The summed E-state index contributed by atoms with van der Waals surface area (Å²) in [5.74, 6) is 3.46. The van der Waals surface area contributed by atoms with Crippen molar-refractivity contribution in [2.24, 2.45) is 39.9 Å². The lowest BCUT2D eigenvalue weighted by atomic mass is 9.72. The van der Waals surface area contributed by atoms with Crippen LogP contribution in [0.3, 0.4) is 0 Å². The van der Waals surface area contributed by atoms with E-state index in [0.29, 0.717) is 27.9 Å². The molecular formula is C15H22O. The summed E-state index contributed by atoms with van der Waals surface area (Å²) < 4.78 is 0. The lowest BCUT2D eigenvalue weighted by Gasteiger charge is -2.31. The van der Waals surface area contributed by atoms with Gasteiger partial charge in [0.15, 0.2) is 0 Å². The van der Waals surface area contributed by atoms with Gasteiger partial charge in [-0.2, -0.15) is 0 Å². The molecule has 1 heteroatoms. The quantitative estimate of drug-likeness (QED) is 0.610. The van der Waals surface area contributed by atoms with Crippen molar-refractivity contribution in [3.8, 4) is 0 Å². The highest BCUT2D eigenvalue weighted by Gasteiger charge is 2.89. The van der Waals surface area contributed by atoms with E-state index in [4.69, 9.17) is 0 Å². The van der Waals surface area contributed by atoms with E-state index in [9.17, 15) is 4.79 Å². The van der Waals surface area contributed by atoms with E-state index in [1.807, 2.05) is 0 Å². The molecule has 0 saturated heterocycles. The Kier molecular flexibility index (Phi) is 1.30. The summed E-state index contributed by atoms with van der Waals surface area (Å²) in [4.78, 5) is 12.0. The van der Waals surface area contributed by atoms with Crippen LogP contribution < -0.4 is 0 Å². The van der Waals surface area contributed by atoms with E-state index >= 15 is 0 Å². The van der Waals surface area contributed by atoms with Gasteiger partial charge in [-0.15, -0.1) is 0 Å². The number of ketones is 1. The maximum atomic E-state index is 12.0. The van der Waals surface area contributed by atoms with E-state index in [1.165, 1.54) is 12.8 Å². The van der Waals surface area contributed by atoms with Crippen molar-refractivity contribution in [2.75, 3.05) is 0 Å². The Morgan fingerprint density at radius 1 is 1.25 bits per heavy atom. The third-order valence-electron chi connectivity index (χ3n) is 7.40. The molecule has 0 N–H and O–H groups in total. The maximum absolute atomic E-state index is 12.0. The van der Waals surface area contributed by atoms with Crippen LogP contribution in [0.4, 0.5) is 0 Å². The number of carbonyl (C=O) groups is 1. The second-order valence-corrected chi connectivity index (χ2v) is 7.74. The van der Waals surface area contributed by atoms with E-state index in [2.05, 4.69) is 27.7 Å². The summed E-state index contributed by atoms with van der Waals surface area (Å²) in [5, 5.41) is 0. The average Bonchev–Trinajstić information content (AvgIpc) is 2.91. The van der Waals surface area contributed by atoms with Gasteiger partial charge in [0.05, 0.1) is 0 Å². The minimum absolute atomic E-state index is 0.358. The molecule has 1 nitrogen and oxygen atoms in total. The molecule has 0 aliphatic heterocycles. The molecule has 4 aliphatic rings. The molecule has 0 amide bonds. The lowest BCUT2D eigenvalue weighted by Crippen LogP contribution is -2.30. The van der Waals surface area contributed by atoms with Gasteiger partial charge in [0, 0.05) is 12.3 Å². The Morgan fingerprint density at radius 3 is 2.62 bits per heavy atom. The van der Waals surface area contributed by atoms with Gasteiger partial charge in [-0.1, -0.05) is 27.7 Å². The average molecular weight is 218 g/mol. The Labute approximate surface area is 98.0 Å². The van der Waals surface area contributed by atoms with E-state index in [0.717, 1.165) is 24.2 Å². The molecule has 4 aliphatic carbocycles. The van der Waals surface area contributed by atoms with Gasteiger partial charge in [-0.3, -0.25) is 4.79 Å². The van der Waals surface area contributed by atoms with E-state index < -0.39 is 0 Å².